The molecule has 54 valence electrons. The van der Waals surface area contributed by atoms with Gasteiger partial charge in [-0.05, 0) is 0 Å². The van der Waals surface area contributed by atoms with Crippen LogP contribution in [-0.2, 0) is 60.4 Å². The number of hydrogen-bond donors (Lipinski definition) is 0. The van der Waals surface area contributed by atoms with E-state index in [1.54, 1.807) is 0 Å². The predicted molar refractivity (Wildman–Crippen MR) is 25.5 cm³/mol. The van der Waals surface area contributed by atoms with E-state index >= 15 is 0 Å². The summed E-state index contributed by atoms with van der Waals surface area (Å²) in [6.07, 6.45) is 0. The van der Waals surface area contributed by atoms with Gasteiger partial charge in [0.2, 0.25) is 0 Å². The predicted octanol–water partition coefficient (Wildman–Crippen LogP) is -1.27. The van der Waals surface area contributed by atoms with Gasteiger partial charge in [0.25, 0.3) is 0 Å². The molecule has 8 heteroatoms. The first-order chi connectivity index (χ1) is 2.91. The molecule has 0 aliphatic carbocycles. The van der Waals surface area contributed by atoms with Crippen molar-refractivity contribution in [3.05, 3.63) is 0 Å². The standard InChI is InChI=1S/2CN.4Fe.2K.2H/c2*1-2;;;;;;;;. The molecule has 0 aliphatic heterocycles. The minimum absolute atomic E-state index is 0. The van der Waals surface area contributed by atoms with Gasteiger partial charge in [-0.1, -0.05) is 0 Å². The Morgan fingerprint density at radius 2 is 1.00 bits per heavy atom. The third-order valence-electron chi connectivity index (χ3n) is 0.0872. The first-order valence-electron chi connectivity index (χ1n) is 0.926. The first-order valence-corrected chi connectivity index (χ1v) is 4.03. The molecular weight excluding hydrogens is 354 g/mol. The normalized spacial score (nSPS) is 4.20. The molecule has 0 radical (unpaired) electrons. The van der Waals surface area contributed by atoms with Gasteiger partial charge < -0.3 is 0 Å². The van der Waals surface area contributed by atoms with Crippen LogP contribution < -0.4 is 0 Å². The van der Waals surface area contributed by atoms with Gasteiger partial charge in [0.1, 0.15) is 0 Å². The fraction of sp³-hybridized carbons (Fsp3) is 0. The van der Waals surface area contributed by atoms with Gasteiger partial charge in [0.15, 0.2) is 0 Å². The van der Waals surface area contributed by atoms with Crippen LogP contribution in [0.1, 0.15) is 0 Å². The molecule has 0 fully saturated rings. The van der Waals surface area contributed by atoms with E-state index in [0.717, 1.165) is 0 Å². The molecule has 0 spiro atoms. The van der Waals surface area contributed by atoms with E-state index in [2.05, 4.69) is 0 Å². The Kier molecular flexibility index (Phi) is 85.4. The Labute approximate surface area is 178 Å². The second-order valence-corrected chi connectivity index (χ2v) is 2.78. The molecular formula is C2H2Fe4K2N2. The Bertz CT molecular complexity index is 92.8. The first kappa shape index (κ1) is 29.3. The average molecular weight is 356 g/mol. The summed E-state index contributed by atoms with van der Waals surface area (Å²) in [5.41, 5.74) is 0. The van der Waals surface area contributed by atoms with Crippen molar-refractivity contribution < 1.29 is 60.4 Å². The fourth-order valence-corrected chi connectivity index (χ4v) is 0.475. The summed E-state index contributed by atoms with van der Waals surface area (Å²) >= 11 is 0.715. The molecule has 0 N–H and O–H groups in total. The van der Waals surface area contributed by atoms with E-state index in [1.165, 1.54) is 0 Å². The molecule has 0 aromatic carbocycles. The van der Waals surface area contributed by atoms with Crippen LogP contribution >= 0.6 is 0 Å². The van der Waals surface area contributed by atoms with E-state index in [1.807, 2.05) is 9.94 Å². The van der Waals surface area contributed by atoms with Gasteiger partial charge in [0, 0.05) is 34.1 Å². The molecule has 0 rings (SSSR count). The van der Waals surface area contributed by atoms with Gasteiger partial charge in [-0.2, -0.15) is 0 Å². The van der Waals surface area contributed by atoms with Crippen molar-refractivity contribution in [2.75, 3.05) is 0 Å². The number of nitrogens with zero attached hydrogens (tertiary/aromatic N) is 2. The molecule has 0 aromatic heterocycles. The molecule has 0 atom stereocenters. The van der Waals surface area contributed by atoms with E-state index in [0.29, 0.717) is 26.3 Å². The third kappa shape index (κ3) is 29.5. The molecule has 0 saturated carbocycles. The van der Waals surface area contributed by atoms with Crippen molar-refractivity contribution in [1.29, 1.82) is 10.5 Å². The Morgan fingerprint density at radius 1 is 0.800 bits per heavy atom. The van der Waals surface area contributed by atoms with Gasteiger partial charge in [-0.25, -0.2) is 0 Å². The zero-order valence-corrected chi connectivity index (χ0v) is 7.73. The fourth-order valence-electron chi connectivity index (χ4n) is 0.0280. The SMILES string of the molecule is N#[C][Fe][Fe][C]#N.[Fe].[Fe].[KH].[KH]. The monoisotopic (exact) mass is 356 g/mol. The quantitative estimate of drug-likeness (QED) is 0.435. The van der Waals surface area contributed by atoms with Gasteiger partial charge in [0.05, 0.1) is 0 Å². The molecule has 0 aromatic rings. The molecule has 0 saturated heterocycles. The summed E-state index contributed by atoms with van der Waals surface area (Å²) < 4.78 is 0. The molecule has 0 unspecified atom stereocenters. The molecule has 0 heterocycles. The van der Waals surface area contributed by atoms with Crippen molar-refractivity contribution in [2.24, 2.45) is 0 Å². The summed E-state index contributed by atoms with van der Waals surface area (Å²) in [6.45, 7) is 0. The molecule has 2 nitrogen and oxygen atoms in total. The number of rotatable bonds is 1. The van der Waals surface area contributed by atoms with Crippen molar-refractivity contribution in [3.8, 4) is 9.94 Å². The van der Waals surface area contributed by atoms with E-state index in [-0.39, 0.29) is 137 Å². The van der Waals surface area contributed by atoms with Crippen LogP contribution in [0.15, 0.2) is 0 Å². The topological polar surface area (TPSA) is 47.6 Å². The molecule has 0 amide bonds. The Balaban J connectivity index is -0.0000000208. The van der Waals surface area contributed by atoms with Gasteiger partial charge >= 0.3 is 149 Å². The summed E-state index contributed by atoms with van der Waals surface area (Å²) in [7, 11) is 0. The average Bonchev–Trinajstić information content (AvgIpc) is 1.61. The van der Waals surface area contributed by atoms with Crippen LogP contribution in [0.4, 0.5) is 0 Å². The van der Waals surface area contributed by atoms with Crippen molar-refractivity contribution in [1.82, 2.24) is 0 Å². The third-order valence-corrected chi connectivity index (χ3v) is 1.48. The zero-order valence-electron chi connectivity index (χ0n) is 3.31. The second kappa shape index (κ2) is 29.2. The van der Waals surface area contributed by atoms with Crippen LogP contribution in [0.2, 0.25) is 0 Å². The van der Waals surface area contributed by atoms with Gasteiger partial charge in [-0.3, -0.25) is 0 Å². The van der Waals surface area contributed by atoms with Crippen LogP contribution in [0.5, 0.6) is 0 Å². The maximum absolute atomic E-state index is 7.80. The van der Waals surface area contributed by atoms with Gasteiger partial charge in [-0.15, -0.1) is 0 Å². The second-order valence-electron chi connectivity index (χ2n) is 0.283. The van der Waals surface area contributed by atoms with Crippen LogP contribution in [0.25, 0.3) is 0 Å². The maximum atomic E-state index is 7.80. The Morgan fingerprint density at radius 3 is 1.10 bits per heavy atom. The van der Waals surface area contributed by atoms with Crippen LogP contribution in [-0.4, -0.2) is 103 Å². The summed E-state index contributed by atoms with van der Waals surface area (Å²) in [6, 6.07) is 0. The van der Waals surface area contributed by atoms with E-state index in [9.17, 15) is 0 Å². The van der Waals surface area contributed by atoms with Crippen molar-refractivity contribution in [2.45, 2.75) is 0 Å². The summed E-state index contributed by atoms with van der Waals surface area (Å²) in [4.78, 5) is 3.69. The molecule has 10 heavy (non-hydrogen) atoms. The van der Waals surface area contributed by atoms with Crippen LogP contribution in [0.3, 0.4) is 0 Å². The van der Waals surface area contributed by atoms with Crippen molar-refractivity contribution >= 4 is 103 Å². The van der Waals surface area contributed by atoms with Crippen LogP contribution in [0, 0.1) is 20.5 Å². The summed E-state index contributed by atoms with van der Waals surface area (Å²) in [5, 5.41) is 15.6. The number of hydrogen-bond acceptors (Lipinski definition) is 2. The minimum atomic E-state index is 0. The molecule has 0 aliphatic rings. The number of nitriles is 2. The summed E-state index contributed by atoms with van der Waals surface area (Å²) in [5.74, 6) is 0. The van der Waals surface area contributed by atoms with Crippen molar-refractivity contribution in [3.63, 3.8) is 0 Å². The van der Waals surface area contributed by atoms with E-state index < -0.39 is 0 Å². The van der Waals surface area contributed by atoms with E-state index in [4.69, 9.17) is 10.5 Å². The molecule has 0 bridgehead atoms. The zero-order chi connectivity index (χ0) is 4.83. The Hall–Kier alpha value is 4.33.